The molecule has 0 aromatic heterocycles. The van der Waals surface area contributed by atoms with Crippen LogP contribution in [0.3, 0.4) is 0 Å². The van der Waals surface area contributed by atoms with Crippen molar-refractivity contribution < 1.29 is 18.3 Å². The van der Waals surface area contributed by atoms with Crippen LogP contribution in [0.1, 0.15) is 0 Å². The fourth-order valence-corrected chi connectivity index (χ4v) is 8.08. The maximum atomic E-state index is 15.0. The molecule has 3 aromatic rings. The summed E-state index contributed by atoms with van der Waals surface area (Å²) in [5, 5.41) is 1.12. The lowest BCUT2D eigenvalue weighted by molar-refractivity contribution is 0.499. The molecule has 0 amide bonds. The zero-order valence-corrected chi connectivity index (χ0v) is 22.7. The van der Waals surface area contributed by atoms with Crippen molar-refractivity contribution >= 4 is 33.0 Å². The number of rotatable bonds is 13. The lowest BCUT2D eigenvalue weighted by Gasteiger charge is -2.30. The minimum Gasteiger partial charge on any atom is -0.560 e. The van der Waals surface area contributed by atoms with Crippen LogP contribution in [-0.2, 0) is 4.57 Å². The van der Waals surface area contributed by atoms with Crippen molar-refractivity contribution in [1.29, 1.82) is 0 Å². The molecule has 0 saturated heterocycles. The van der Waals surface area contributed by atoms with Gasteiger partial charge in [-0.05, 0) is 48.5 Å². The Kier molecular flexibility index (Phi) is 8.93. The molecule has 0 saturated carbocycles. The molecule has 188 valence electrons. The molecule has 1 aliphatic heterocycles. The lowest BCUT2D eigenvalue weighted by atomic mass is 9.61. The van der Waals surface area contributed by atoms with E-state index in [1.54, 1.807) is 6.07 Å². The third-order valence-corrected chi connectivity index (χ3v) is 10.2. The SMILES string of the molecule is C=CCB(CC=C)Oc1ccc(OP(CC=C)CC=C)c(P2(=O)Oc3ccccc3-c3ccccc32)c1. The topological polar surface area (TPSA) is 44.8 Å². The van der Waals surface area contributed by atoms with Crippen molar-refractivity contribution in [1.82, 2.24) is 0 Å². The normalized spacial score (nSPS) is 15.5. The van der Waals surface area contributed by atoms with Crippen LogP contribution in [0, 0.1) is 0 Å². The number of para-hydroxylation sites is 1. The van der Waals surface area contributed by atoms with Crippen LogP contribution >= 0.6 is 15.5 Å². The summed E-state index contributed by atoms with van der Waals surface area (Å²) in [5.41, 5.74) is 1.80. The van der Waals surface area contributed by atoms with Crippen molar-refractivity contribution in [2.24, 2.45) is 0 Å². The predicted molar refractivity (Wildman–Crippen MR) is 160 cm³/mol. The molecule has 4 nitrogen and oxygen atoms in total. The summed E-state index contributed by atoms with van der Waals surface area (Å²) >= 11 is 0. The molecule has 0 fully saturated rings. The highest BCUT2D eigenvalue weighted by molar-refractivity contribution is 7.75. The van der Waals surface area contributed by atoms with Crippen LogP contribution in [0.5, 0.6) is 17.2 Å². The first-order chi connectivity index (χ1) is 18.0. The van der Waals surface area contributed by atoms with Gasteiger partial charge in [0.1, 0.15) is 11.5 Å². The Hall–Kier alpha value is -3.26. The molecule has 37 heavy (non-hydrogen) atoms. The average Bonchev–Trinajstić information content (AvgIpc) is 2.90. The van der Waals surface area contributed by atoms with Crippen molar-refractivity contribution in [2.45, 2.75) is 12.6 Å². The fourth-order valence-electron chi connectivity index (χ4n) is 4.30. The molecule has 0 radical (unpaired) electrons. The van der Waals surface area contributed by atoms with E-state index in [9.17, 15) is 0 Å². The number of benzene rings is 3. The number of allylic oxidation sites excluding steroid dienone is 4. The van der Waals surface area contributed by atoms with E-state index in [0.717, 1.165) is 11.1 Å². The summed E-state index contributed by atoms with van der Waals surface area (Å²) in [6.45, 7) is 15.3. The van der Waals surface area contributed by atoms with Crippen LogP contribution in [0.2, 0.25) is 12.6 Å². The monoisotopic (exact) mass is 528 g/mol. The molecule has 1 heterocycles. The van der Waals surface area contributed by atoms with Gasteiger partial charge in [-0.1, -0.05) is 60.7 Å². The summed E-state index contributed by atoms with van der Waals surface area (Å²) in [6.07, 6.45) is 10.0. The predicted octanol–water partition coefficient (Wildman–Crippen LogP) is 7.86. The van der Waals surface area contributed by atoms with Gasteiger partial charge in [0.2, 0.25) is 0 Å². The highest BCUT2D eigenvalue weighted by Crippen LogP contribution is 2.56. The molecule has 1 atom stereocenters. The minimum atomic E-state index is -3.61. The lowest BCUT2D eigenvalue weighted by Crippen LogP contribution is -2.27. The number of fused-ring (bicyclic) bond motifs is 3. The van der Waals surface area contributed by atoms with Gasteiger partial charge in [-0.2, -0.15) is 0 Å². The highest BCUT2D eigenvalue weighted by Gasteiger charge is 2.40. The van der Waals surface area contributed by atoms with E-state index >= 15 is 4.57 Å². The third kappa shape index (κ3) is 5.85. The summed E-state index contributed by atoms with van der Waals surface area (Å²) in [5.74, 6) is 1.68. The molecule has 3 aromatic carbocycles. The van der Waals surface area contributed by atoms with Gasteiger partial charge in [-0.3, -0.25) is 4.57 Å². The van der Waals surface area contributed by atoms with E-state index in [-0.39, 0.29) is 6.92 Å². The Balaban J connectivity index is 1.86. The quantitative estimate of drug-likeness (QED) is 0.129. The first-order valence-corrected chi connectivity index (χ1v) is 15.5. The molecular formula is C30H31BO4P2. The molecular weight excluding hydrogens is 497 g/mol. The average molecular weight is 528 g/mol. The maximum Gasteiger partial charge on any atom is 0.365 e. The summed E-state index contributed by atoms with van der Waals surface area (Å²) in [7, 11) is -4.54. The van der Waals surface area contributed by atoms with Gasteiger partial charge in [0.05, 0.1) is 24.5 Å². The molecule has 4 rings (SSSR count). The van der Waals surface area contributed by atoms with Crippen molar-refractivity contribution in [3.8, 4) is 28.4 Å². The Morgan fingerprint density at radius 3 is 2.14 bits per heavy atom. The second-order valence-electron chi connectivity index (χ2n) is 8.59. The number of hydrogen-bond acceptors (Lipinski definition) is 4. The van der Waals surface area contributed by atoms with Crippen molar-refractivity contribution in [3.05, 3.63) is 117 Å². The molecule has 0 spiro atoms. The highest BCUT2D eigenvalue weighted by atomic mass is 31.2. The first-order valence-electron chi connectivity index (χ1n) is 12.2. The Morgan fingerprint density at radius 2 is 1.46 bits per heavy atom. The van der Waals surface area contributed by atoms with Crippen LogP contribution in [0.15, 0.2) is 117 Å². The number of hydrogen-bond donors (Lipinski definition) is 0. The molecule has 1 aliphatic rings. The van der Waals surface area contributed by atoms with Gasteiger partial charge >= 0.3 is 14.3 Å². The largest absolute Gasteiger partial charge is 0.560 e. The minimum absolute atomic E-state index is 0.130. The van der Waals surface area contributed by atoms with Crippen LogP contribution in [0.25, 0.3) is 11.1 Å². The van der Waals surface area contributed by atoms with Gasteiger partial charge in [0, 0.05) is 17.9 Å². The van der Waals surface area contributed by atoms with Gasteiger partial charge < -0.3 is 13.7 Å². The van der Waals surface area contributed by atoms with E-state index in [1.807, 2.05) is 85.0 Å². The Bertz CT molecular complexity index is 1330. The second-order valence-corrected chi connectivity index (χ2v) is 12.7. The van der Waals surface area contributed by atoms with E-state index < -0.39 is 15.5 Å². The fraction of sp³-hybridized carbons (Fsp3) is 0.133. The Labute approximate surface area is 221 Å². The summed E-state index contributed by atoms with van der Waals surface area (Å²) in [6, 6.07) is 20.8. The van der Waals surface area contributed by atoms with Crippen LogP contribution in [-0.4, -0.2) is 19.2 Å². The maximum absolute atomic E-state index is 15.0. The standard InChI is InChI=1S/C30H31BO4P2/c1-5-19-31(20-6-2)33-24-17-18-28(34-36(21-7-3)22-8-4)30(23-24)37(32)29-16-12-10-14-26(29)25-13-9-11-15-27(25)35-37/h5-18,23H,1-4,19-22H2. The van der Waals surface area contributed by atoms with E-state index in [0.29, 0.717) is 52.8 Å². The smallest absolute Gasteiger partial charge is 0.365 e. The van der Waals surface area contributed by atoms with Crippen LogP contribution < -0.4 is 24.3 Å². The second kappa shape index (κ2) is 12.3. The molecule has 0 bridgehead atoms. The molecule has 0 aliphatic carbocycles. The molecule has 7 heteroatoms. The van der Waals surface area contributed by atoms with E-state index in [1.165, 1.54) is 0 Å². The van der Waals surface area contributed by atoms with E-state index in [2.05, 4.69) is 26.3 Å². The van der Waals surface area contributed by atoms with Gasteiger partial charge in [0.25, 0.3) is 0 Å². The molecule has 1 unspecified atom stereocenters. The van der Waals surface area contributed by atoms with Gasteiger partial charge in [-0.25, -0.2) is 0 Å². The zero-order chi connectivity index (χ0) is 26.3. The summed E-state index contributed by atoms with van der Waals surface area (Å²) in [4.78, 5) is 0. The van der Waals surface area contributed by atoms with Gasteiger partial charge in [0.15, 0.2) is 0 Å². The van der Waals surface area contributed by atoms with Crippen LogP contribution in [0.4, 0.5) is 0 Å². The van der Waals surface area contributed by atoms with E-state index in [4.69, 9.17) is 13.7 Å². The van der Waals surface area contributed by atoms with Crippen molar-refractivity contribution in [2.75, 3.05) is 12.3 Å². The summed E-state index contributed by atoms with van der Waals surface area (Å²) < 4.78 is 34.2. The first kappa shape index (κ1) is 26.8. The zero-order valence-electron chi connectivity index (χ0n) is 20.9. The Morgan fingerprint density at radius 1 is 0.811 bits per heavy atom. The third-order valence-electron chi connectivity index (χ3n) is 5.93. The molecule has 0 N–H and O–H groups in total. The van der Waals surface area contributed by atoms with Crippen molar-refractivity contribution in [3.63, 3.8) is 0 Å². The van der Waals surface area contributed by atoms with Gasteiger partial charge in [-0.15, -0.1) is 26.3 Å².